The number of nitrogens with one attached hydrogen (secondary N) is 1. The number of benzene rings is 1. The number of nitrogens with two attached hydrogens (primary N) is 1. The van der Waals surface area contributed by atoms with Gasteiger partial charge in [-0.05, 0) is 61.8 Å². The van der Waals surface area contributed by atoms with E-state index in [2.05, 4.69) is 15.3 Å². The summed E-state index contributed by atoms with van der Waals surface area (Å²) < 4.78 is 50.4. The van der Waals surface area contributed by atoms with Gasteiger partial charge in [0.25, 0.3) is 0 Å². The van der Waals surface area contributed by atoms with Crippen molar-refractivity contribution < 1.29 is 32.2 Å². The quantitative estimate of drug-likeness (QED) is 0.386. The van der Waals surface area contributed by atoms with E-state index in [-0.39, 0.29) is 35.9 Å². The molecule has 0 bridgehead atoms. The number of esters is 1. The van der Waals surface area contributed by atoms with Crippen molar-refractivity contribution in [2.45, 2.75) is 58.3 Å². The lowest BCUT2D eigenvalue weighted by Crippen LogP contribution is -2.48. The smallest absolute Gasteiger partial charge is 0.416 e. The number of hydrogen-bond acceptors (Lipinski definition) is 8. The van der Waals surface area contributed by atoms with Gasteiger partial charge < -0.3 is 25.4 Å². The minimum absolute atomic E-state index is 0.0262. The van der Waals surface area contributed by atoms with Gasteiger partial charge in [-0.1, -0.05) is 0 Å². The van der Waals surface area contributed by atoms with Gasteiger partial charge in [0, 0.05) is 37.2 Å². The SMILES string of the molecule is COC(=O)CCC1CC2COC[C@]2(C(=O)N2CCc3nc(C)nc(NCc4cc(N)cc(C(F)(F)F)c4)c3C2)C1. The molecule has 2 aromatic rings. The molecule has 1 amide bonds. The highest BCUT2D eigenvalue weighted by Gasteiger charge is 2.57. The van der Waals surface area contributed by atoms with Crippen molar-refractivity contribution in [1.82, 2.24) is 14.9 Å². The lowest BCUT2D eigenvalue weighted by atomic mass is 9.78. The van der Waals surface area contributed by atoms with Crippen LogP contribution in [0.3, 0.4) is 0 Å². The summed E-state index contributed by atoms with van der Waals surface area (Å²) >= 11 is 0. The molecule has 40 heavy (non-hydrogen) atoms. The van der Waals surface area contributed by atoms with Gasteiger partial charge in [0.1, 0.15) is 11.6 Å². The van der Waals surface area contributed by atoms with Crippen LogP contribution in [0.4, 0.5) is 24.7 Å². The largest absolute Gasteiger partial charge is 0.469 e. The van der Waals surface area contributed by atoms with Crippen molar-refractivity contribution in [3.8, 4) is 0 Å². The molecule has 9 nitrogen and oxygen atoms in total. The summed E-state index contributed by atoms with van der Waals surface area (Å²) in [6.07, 6.45) is -1.44. The molecule has 3 N–H and O–H groups in total. The molecule has 5 rings (SSSR count). The summed E-state index contributed by atoms with van der Waals surface area (Å²) in [5.41, 5.74) is 6.28. The van der Waals surface area contributed by atoms with Crippen LogP contribution >= 0.6 is 0 Å². The molecule has 216 valence electrons. The number of anilines is 2. The third-order valence-corrected chi connectivity index (χ3v) is 8.40. The Labute approximate surface area is 230 Å². The van der Waals surface area contributed by atoms with Crippen molar-refractivity contribution in [3.63, 3.8) is 0 Å². The van der Waals surface area contributed by atoms with Crippen molar-refractivity contribution in [2.24, 2.45) is 17.3 Å². The minimum atomic E-state index is -4.50. The molecule has 1 aromatic carbocycles. The van der Waals surface area contributed by atoms with E-state index in [0.717, 1.165) is 29.8 Å². The highest BCUT2D eigenvalue weighted by Crippen LogP contribution is 2.53. The molecule has 1 saturated heterocycles. The zero-order valence-corrected chi connectivity index (χ0v) is 22.6. The first-order valence-corrected chi connectivity index (χ1v) is 13.5. The van der Waals surface area contributed by atoms with Crippen molar-refractivity contribution in [3.05, 3.63) is 46.4 Å². The lowest BCUT2D eigenvalue weighted by Gasteiger charge is -2.37. The number of methoxy groups -OCH3 is 1. The average Bonchev–Trinajstić information content (AvgIpc) is 3.47. The van der Waals surface area contributed by atoms with Gasteiger partial charge in [0.15, 0.2) is 0 Å². The lowest BCUT2D eigenvalue weighted by molar-refractivity contribution is -0.144. The van der Waals surface area contributed by atoms with Gasteiger partial charge in [-0.15, -0.1) is 0 Å². The second-order valence-electron chi connectivity index (χ2n) is 11.1. The monoisotopic (exact) mass is 561 g/mol. The number of hydrogen-bond donors (Lipinski definition) is 2. The van der Waals surface area contributed by atoms with Crippen LogP contribution < -0.4 is 11.1 Å². The normalized spacial score (nSPS) is 24.0. The van der Waals surface area contributed by atoms with Crippen LogP contribution in [0, 0.1) is 24.2 Å². The topological polar surface area (TPSA) is 120 Å². The number of aromatic nitrogens is 2. The fraction of sp³-hybridized carbons (Fsp3) is 0.571. The van der Waals surface area contributed by atoms with Gasteiger partial charge in [0.05, 0.1) is 43.5 Å². The Morgan fingerprint density at radius 2 is 2.08 bits per heavy atom. The highest BCUT2D eigenvalue weighted by atomic mass is 19.4. The number of rotatable bonds is 7. The van der Waals surface area contributed by atoms with Crippen LogP contribution in [0.5, 0.6) is 0 Å². The first-order valence-electron chi connectivity index (χ1n) is 13.5. The second kappa shape index (κ2) is 10.9. The number of amides is 1. The molecule has 3 aliphatic rings. The van der Waals surface area contributed by atoms with Crippen LogP contribution in [0.1, 0.15) is 53.9 Å². The van der Waals surface area contributed by atoms with E-state index in [1.807, 2.05) is 4.90 Å². The predicted molar refractivity (Wildman–Crippen MR) is 140 cm³/mol. The third-order valence-electron chi connectivity index (χ3n) is 8.40. The molecule has 0 spiro atoms. The minimum Gasteiger partial charge on any atom is -0.469 e. The van der Waals surface area contributed by atoms with Gasteiger partial charge in [-0.25, -0.2) is 9.97 Å². The Bertz CT molecular complexity index is 1300. The standard InChI is InChI=1S/C28H34F3N5O4/c1-16-34-23-5-6-36(26(38)27-11-17(3-4-24(37)39-2)7-20(27)14-40-15-27)13-22(23)25(35-16)33-12-18-8-19(28(29,30)31)10-21(32)9-18/h8-10,17,20H,3-7,11-15,32H2,1-2H3,(H,33,34,35)/t17?,20?,27-/m1/s1. The number of halogens is 3. The van der Waals surface area contributed by atoms with E-state index < -0.39 is 17.2 Å². The highest BCUT2D eigenvalue weighted by molar-refractivity contribution is 5.84. The molecule has 2 aliphatic heterocycles. The van der Waals surface area contributed by atoms with Crippen molar-refractivity contribution >= 4 is 23.4 Å². The number of aryl methyl sites for hydroxylation is 1. The van der Waals surface area contributed by atoms with Gasteiger partial charge in [-0.3, -0.25) is 9.59 Å². The third kappa shape index (κ3) is 5.59. The fourth-order valence-electron chi connectivity index (χ4n) is 6.49. The maximum absolute atomic E-state index is 14.1. The first kappa shape index (κ1) is 28.1. The summed E-state index contributed by atoms with van der Waals surface area (Å²) in [5, 5.41) is 3.17. The van der Waals surface area contributed by atoms with E-state index in [0.29, 0.717) is 69.2 Å². The summed E-state index contributed by atoms with van der Waals surface area (Å²) in [4.78, 5) is 36.7. The van der Waals surface area contributed by atoms with Gasteiger partial charge in [0.2, 0.25) is 5.91 Å². The molecule has 2 unspecified atom stereocenters. The molecule has 1 saturated carbocycles. The first-order chi connectivity index (χ1) is 19.0. The van der Waals surface area contributed by atoms with Crippen LogP contribution in [0.15, 0.2) is 18.2 Å². The maximum atomic E-state index is 14.1. The summed E-state index contributed by atoms with van der Waals surface area (Å²) in [6, 6.07) is 3.47. The molecular formula is C28H34F3N5O4. The summed E-state index contributed by atoms with van der Waals surface area (Å²) in [7, 11) is 1.38. The number of carbonyl (C=O) groups is 2. The Balaban J connectivity index is 1.33. The second-order valence-corrected chi connectivity index (χ2v) is 11.1. The molecule has 1 aliphatic carbocycles. The van der Waals surface area contributed by atoms with Crippen LogP contribution in [0.25, 0.3) is 0 Å². The van der Waals surface area contributed by atoms with Crippen LogP contribution in [-0.4, -0.2) is 53.6 Å². The van der Waals surface area contributed by atoms with Gasteiger partial charge in [-0.2, -0.15) is 13.2 Å². The Morgan fingerprint density at radius 1 is 1.27 bits per heavy atom. The van der Waals surface area contributed by atoms with Crippen LogP contribution in [-0.2, 0) is 44.7 Å². The number of nitrogens with zero attached hydrogens (tertiary/aromatic N) is 3. The van der Waals surface area contributed by atoms with E-state index in [4.69, 9.17) is 15.2 Å². The molecular weight excluding hydrogens is 527 g/mol. The number of fused-ring (bicyclic) bond motifs is 2. The molecule has 12 heteroatoms. The van der Waals surface area contributed by atoms with Crippen LogP contribution in [0.2, 0.25) is 0 Å². The van der Waals surface area contributed by atoms with E-state index in [1.54, 1.807) is 6.92 Å². The van der Waals surface area contributed by atoms with E-state index in [1.165, 1.54) is 13.2 Å². The Morgan fingerprint density at radius 3 is 2.83 bits per heavy atom. The van der Waals surface area contributed by atoms with E-state index >= 15 is 0 Å². The molecule has 1 aromatic heterocycles. The number of alkyl halides is 3. The Kier molecular flexibility index (Phi) is 7.64. The number of carbonyl (C=O) groups excluding carboxylic acids is 2. The molecule has 2 fully saturated rings. The maximum Gasteiger partial charge on any atom is 0.416 e. The zero-order chi connectivity index (χ0) is 28.7. The molecule has 3 heterocycles. The fourth-order valence-corrected chi connectivity index (χ4v) is 6.49. The molecule has 3 atom stereocenters. The van der Waals surface area contributed by atoms with Gasteiger partial charge >= 0.3 is 12.1 Å². The van der Waals surface area contributed by atoms with E-state index in [9.17, 15) is 22.8 Å². The molecule has 0 radical (unpaired) electrons. The summed E-state index contributed by atoms with van der Waals surface area (Å²) in [6.45, 7) is 3.53. The number of nitrogen functional groups attached to an aromatic ring is 1. The van der Waals surface area contributed by atoms with Crippen molar-refractivity contribution in [2.75, 3.05) is 37.9 Å². The number of ether oxygens (including phenoxy) is 2. The predicted octanol–water partition coefficient (Wildman–Crippen LogP) is 3.88. The van der Waals surface area contributed by atoms with Crippen molar-refractivity contribution in [1.29, 1.82) is 0 Å². The zero-order valence-electron chi connectivity index (χ0n) is 22.6. The Hall–Kier alpha value is -3.41. The summed E-state index contributed by atoms with van der Waals surface area (Å²) in [5.74, 6) is 1.18. The average molecular weight is 562 g/mol.